The van der Waals surface area contributed by atoms with E-state index in [2.05, 4.69) is 66.8 Å². The molecule has 4 aromatic carbocycles. The van der Waals surface area contributed by atoms with E-state index in [-0.39, 0.29) is 24.0 Å². The van der Waals surface area contributed by atoms with Gasteiger partial charge in [-0.25, -0.2) is 4.79 Å². The van der Waals surface area contributed by atoms with Gasteiger partial charge in [0.25, 0.3) is 0 Å². The third-order valence-electron chi connectivity index (χ3n) is 7.10. The van der Waals surface area contributed by atoms with Crippen molar-refractivity contribution in [2.45, 2.75) is 38.3 Å². The minimum Gasteiger partial charge on any atom is -0.489 e. The average molecular weight is 466 g/mol. The molecule has 1 aliphatic heterocycles. The summed E-state index contributed by atoms with van der Waals surface area (Å²) in [5.74, 6) is 0.754. The summed E-state index contributed by atoms with van der Waals surface area (Å²) in [4.78, 5) is 12.3. The highest BCUT2D eigenvalue weighted by molar-refractivity contribution is 5.91. The molecule has 0 saturated carbocycles. The van der Waals surface area contributed by atoms with E-state index >= 15 is 0 Å². The number of hydrogen-bond acceptors (Lipinski definition) is 4. The summed E-state index contributed by atoms with van der Waals surface area (Å²) >= 11 is 0. The number of carbonyl (C=O) groups excluding carboxylic acids is 1. The number of para-hydroxylation sites is 1. The first kappa shape index (κ1) is 23.1. The van der Waals surface area contributed by atoms with Crippen LogP contribution in [0.5, 0.6) is 5.75 Å². The second-order valence-corrected chi connectivity index (χ2v) is 9.33. The third kappa shape index (κ3) is 4.67. The monoisotopic (exact) mass is 465 g/mol. The van der Waals surface area contributed by atoms with Crippen LogP contribution in [-0.2, 0) is 4.74 Å². The zero-order chi connectivity index (χ0) is 24.4. The number of fused-ring (bicyclic) bond motifs is 2. The summed E-state index contributed by atoms with van der Waals surface area (Å²) in [6.45, 7) is 4.87. The topological polar surface area (TPSA) is 47.6 Å². The normalized spacial score (nSPS) is 17.9. The summed E-state index contributed by atoms with van der Waals surface area (Å²) in [7, 11) is 1.43. The number of hydrogen-bond donors (Lipinski definition) is 1. The standard InChI is InChI=1S/C31H31NO3/c1-20-15-16-23(17-28(20)31(33)34-3)29-18-24(35-30-14-7-6-12-27(29)30)19-32-21(2)25-13-8-10-22-9-4-5-11-26(22)25/h4-17,21,24,29,32H,18-19H2,1-3H3/t21-,24+,29+/m1/s1. The molecule has 4 nitrogen and oxygen atoms in total. The highest BCUT2D eigenvalue weighted by Crippen LogP contribution is 2.41. The van der Waals surface area contributed by atoms with Gasteiger partial charge in [-0.2, -0.15) is 0 Å². The van der Waals surface area contributed by atoms with Gasteiger partial charge in [0.1, 0.15) is 11.9 Å². The van der Waals surface area contributed by atoms with Gasteiger partial charge in [-0.05, 0) is 59.9 Å². The summed E-state index contributed by atoms with van der Waals surface area (Å²) in [6.07, 6.45) is 0.839. The molecular formula is C31H31NO3. The smallest absolute Gasteiger partial charge is 0.338 e. The number of rotatable bonds is 6. The maximum absolute atomic E-state index is 12.3. The molecule has 5 rings (SSSR count). The van der Waals surface area contributed by atoms with E-state index < -0.39 is 0 Å². The summed E-state index contributed by atoms with van der Waals surface area (Å²) in [6, 6.07) is 29.5. The second kappa shape index (κ2) is 9.93. The van der Waals surface area contributed by atoms with Crippen molar-refractivity contribution in [2.24, 2.45) is 0 Å². The molecule has 1 heterocycles. The fourth-order valence-corrected chi connectivity index (χ4v) is 5.17. The van der Waals surface area contributed by atoms with Crippen LogP contribution in [0.15, 0.2) is 84.9 Å². The molecule has 0 bridgehead atoms. The van der Waals surface area contributed by atoms with Gasteiger partial charge in [0.2, 0.25) is 0 Å². The molecule has 1 N–H and O–H groups in total. The molecule has 0 radical (unpaired) electrons. The van der Waals surface area contributed by atoms with Crippen molar-refractivity contribution in [1.29, 1.82) is 0 Å². The maximum Gasteiger partial charge on any atom is 0.338 e. The molecule has 4 aromatic rings. The fraction of sp³-hybridized carbons (Fsp3) is 0.258. The number of benzene rings is 4. The van der Waals surface area contributed by atoms with Gasteiger partial charge in [-0.3, -0.25) is 0 Å². The largest absolute Gasteiger partial charge is 0.489 e. The molecule has 1 aliphatic rings. The molecule has 0 amide bonds. The van der Waals surface area contributed by atoms with E-state index in [0.29, 0.717) is 5.56 Å². The Balaban J connectivity index is 1.39. The van der Waals surface area contributed by atoms with Gasteiger partial charge in [-0.15, -0.1) is 0 Å². The molecule has 4 heteroatoms. The number of esters is 1. The molecule has 0 aromatic heterocycles. The van der Waals surface area contributed by atoms with Crippen molar-refractivity contribution in [2.75, 3.05) is 13.7 Å². The highest BCUT2D eigenvalue weighted by Gasteiger charge is 2.30. The van der Waals surface area contributed by atoms with E-state index in [0.717, 1.165) is 35.4 Å². The van der Waals surface area contributed by atoms with Crippen molar-refractivity contribution >= 4 is 16.7 Å². The second-order valence-electron chi connectivity index (χ2n) is 9.33. The van der Waals surface area contributed by atoms with Gasteiger partial charge < -0.3 is 14.8 Å². The number of carbonyl (C=O) groups is 1. The zero-order valence-corrected chi connectivity index (χ0v) is 20.5. The minimum absolute atomic E-state index is 0.00945. The number of nitrogens with one attached hydrogen (secondary N) is 1. The molecular weight excluding hydrogens is 434 g/mol. The summed E-state index contributed by atoms with van der Waals surface area (Å²) in [5.41, 5.74) is 5.10. The van der Waals surface area contributed by atoms with E-state index in [1.54, 1.807) is 0 Å². The fourth-order valence-electron chi connectivity index (χ4n) is 5.17. The summed E-state index contributed by atoms with van der Waals surface area (Å²) in [5, 5.41) is 6.24. The van der Waals surface area contributed by atoms with Crippen molar-refractivity contribution in [1.82, 2.24) is 5.32 Å². The molecule has 35 heavy (non-hydrogen) atoms. The zero-order valence-electron chi connectivity index (χ0n) is 20.5. The average Bonchev–Trinajstić information content (AvgIpc) is 2.90. The lowest BCUT2D eigenvalue weighted by Crippen LogP contribution is -2.37. The Morgan fingerprint density at radius 3 is 2.66 bits per heavy atom. The van der Waals surface area contributed by atoms with Crippen LogP contribution in [0.4, 0.5) is 0 Å². The SMILES string of the molecule is COC(=O)c1cc([C@@H]2C[C@@H](CN[C@H](C)c3cccc4ccccc34)Oc3ccccc32)ccc1C. The van der Waals surface area contributed by atoms with Crippen molar-refractivity contribution in [3.05, 3.63) is 113 Å². The molecule has 0 fully saturated rings. The molecule has 3 atom stereocenters. The first-order chi connectivity index (χ1) is 17.0. The highest BCUT2D eigenvalue weighted by atomic mass is 16.5. The van der Waals surface area contributed by atoms with Crippen LogP contribution in [0.1, 0.15) is 57.9 Å². The van der Waals surface area contributed by atoms with Crippen LogP contribution in [-0.4, -0.2) is 25.7 Å². The quantitative estimate of drug-likeness (QED) is 0.327. The van der Waals surface area contributed by atoms with Crippen molar-refractivity contribution < 1.29 is 14.3 Å². The van der Waals surface area contributed by atoms with E-state index in [1.807, 2.05) is 37.3 Å². The van der Waals surface area contributed by atoms with E-state index in [4.69, 9.17) is 9.47 Å². The van der Waals surface area contributed by atoms with Crippen LogP contribution >= 0.6 is 0 Å². The Kier molecular flexibility index (Phi) is 6.56. The molecule has 0 unspecified atom stereocenters. The third-order valence-corrected chi connectivity index (χ3v) is 7.10. The summed E-state index contributed by atoms with van der Waals surface area (Å²) < 4.78 is 11.4. The van der Waals surface area contributed by atoms with E-state index in [9.17, 15) is 4.79 Å². The van der Waals surface area contributed by atoms with Gasteiger partial charge in [0.05, 0.1) is 12.7 Å². The lowest BCUT2D eigenvalue weighted by molar-refractivity contribution is 0.0599. The lowest BCUT2D eigenvalue weighted by atomic mass is 9.83. The van der Waals surface area contributed by atoms with Crippen LogP contribution in [0.25, 0.3) is 10.8 Å². The van der Waals surface area contributed by atoms with Crippen LogP contribution in [0.2, 0.25) is 0 Å². The van der Waals surface area contributed by atoms with E-state index in [1.165, 1.54) is 23.4 Å². The van der Waals surface area contributed by atoms with Crippen LogP contribution < -0.4 is 10.1 Å². The predicted molar refractivity (Wildman–Crippen MR) is 140 cm³/mol. The Morgan fingerprint density at radius 1 is 1.03 bits per heavy atom. The minimum atomic E-state index is -0.299. The Hall–Kier alpha value is -3.63. The molecule has 178 valence electrons. The maximum atomic E-state index is 12.3. The van der Waals surface area contributed by atoms with Gasteiger partial charge in [-0.1, -0.05) is 72.8 Å². The Labute approximate surface area is 206 Å². The van der Waals surface area contributed by atoms with Crippen molar-refractivity contribution in [3.63, 3.8) is 0 Å². The lowest BCUT2D eigenvalue weighted by Gasteiger charge is -2.33. The first-order valence-electron chi connectivity index (χ1n) is 12.2. The van der Waals surface area contributed by atoms with Crippen molar-refractivity contribution in [3.8, 4) is 5.75 Å². The number of aryl methyl sites for hydroxylation is 1. The van der Waals surface area contributed by atoms with Gasteiger partial charge >= 0.3 is 5.97 Å². The molecule has 0 saturated heterocycles. The van der Waals surface area contributed by atoms with Crippen LogP contribution in [0.3, 0.4) is 0 Å². The number of ether oxygens (including phenoxy) is 2. The molecule has 0 aliphatic carbocycles. The Bertz CT molecular complexity index is 1360. The van der Waals surface area contributed by atoms with Gasteiger partial charge in [0, 0.05) is 24.1 Å². The molecule has 0 spiro atoms. The predicted octanol–water partition coefficient (Wildman–Crippen LogP) is 6.57. The van der Waals surface area contributed by atoms with Crippen LogP contribution in [0, 0.1) is 6.92 Å². The first-order valence-corrected chi connectivity index (χ1v) is 12.2. The number of methoxy groups -OCH3 is 1. The Morgan fingerprint density at radius 2 is 1.80 bits per heavy atom. The van der Waals surface area contributed by atoms with Gasteiger partial charge in [0.15, 0.2) is 0 Å².